The molecule has 0 spiro atoms. The van der Waals surface area contributed by atoms with E-state index in [4.69, 9.17) is 4.74 Å². The zero-order valence-electron chi connectivity index (χ0n) is 16.1. The first-order chi connectivity index (χ1) is 11.1. The molecule has 0 radical (unpaired) electrons. The topological polar surface area (TPSA) is 35.0 Å². The van der Waals surface area contributed by atoms with Crippen molar-refractivity contribution in [3.8, 4) is 6.01 Å². The number of nitrogens with zero attached hydrogens (tertiary/aromatic N) is 2. The summed E-state index contributed by atoms with van der Waals surface area (Å²) in [5.41, 5.74) is 5.23. The Balaban J connectivity index is 2.33. The fourth-order valence-electron chi connectivity index (χ4n) is 3.04. The van der Waals surface area contributed by atoms with Gasteiger partial charge in [0.15, 0.2) is 0 Å². The van der Waals surface area contributed by atoms with Gasteiger partial charge in [0.05, 0.1) is 12.8 Å². The molecule has 1 heterocycles. The molecule has 0 aliphatic rings. The molecule has 3 heteroatoms. The molecule has 3 nitrogen and oxygen atoms in total. The molecular formula is C21H30N2O. The lowest BCUT2D eigenvalue weighted by molar-refractivity contribution is 0.375. The van der Waals surface area contributed by atoms with Gasteiger partial charge in [0.1, 0.15) is 0 Å². The van der Waals surface area contributed by atoms with Crippen LogP contribution in [0.15, 0.2) is 30.5 Å². The Morgan fingerprint density at radius 1 is 0.875 bits per heavy atom. The summed E-state index contributed by atoms with van der Waals surface area (Å²) < 4.78 is 5.23. The highest BCUT2D eigenvalue weighted by Crippen LogP contribution is 2.29. The van der Waals surface area contributed by atoms with Crippen LogP contribution in [0.3, 0.4) is 0 Å². The highest BCUT2D eigenvalue weighted by molar-refractivity contribution is 5.34. The monoisotopic (exact) mass is 326 g/mol. The van der Waals surface area contributed by atoms with E-state index in [-0.39, 0.29) is 10.8 Å². The van der Waals surface area contributed by atoms with Crippen LogP contribution < -0.4 is 4.74 Å². The number of hydrogen-bond acceptors (Lipinski definition) is 3. The van der Waals surface area contributed by atoms with Crippen LogP contribution in [0, 0.1) is 0 Å². The van der Waals surface area contributed by atoms with Crippen molar-refractivity contribution in [3.63, 3.8) is 0 Å². The van der Waals surface area contributed by atoms with E-state index in [0.29, 0.717) is 6.01 Å². The van der Waals surface area contributed by atoms with Gasteiger partial charge in [-0.3, -0.25) is 0 Å². The summed E-state index contributed by atoms with van der Waals surface area (Å²) in [6, 6.07) is 9.16. The first-order valence-corrected chi connectivity index (χ1v) is 8.61. The van der Waals surface area contributed by atoms with Crippen LogP contribution in [0.25, 0.3) is 0 Å². The zero-order chi connectivity index (χ0) is 18.0. The van der Waals surface area contributed by atoms with Crippen LogP contribution in [0.5, 0.6) is 6.01 Å². The smallest absolute Gasteiger partial charge is 0.316 e. The van der Waals surface area contributed by atoms with Crippen molar-refractivity contribution < 1.29 is 4.74 Å². The number of aromatic nitrogens is 2. The molecule has 0 aliphatic carbocycles. The highest BCUT2D eigenvalue weighted by atomic mass is 16.5. The number of rotatable bonds is 4. The number of methoxy groups -OCH3 is 1. The minimum Gasteiger partial charge on any atom is -0.467 e. The van der Waals surface area contributed by atoms with Crippen molar-refractivity contribution in [1.29, 1.82) is 0 Å². The van der Waals surface area contributed by atoms with E-state index in [1.165, 1.54) is 16.7 Å². The molecule has 0 saturated carbocycles. The molecule has 0 aliphatic heterocycles. The lowest BCUT2D eigenvalue weighted by atomic mass is 9.81. The lowest BCUT2D eigenvalue weighted by Gasteiger charge is -2.24. The third-order valence-corrected chi connectivity index (χ3v) is 4.29. The van der Waals surface area contributed by atoms with Crippen molar-refractivity contribution in [2.45, 2.75) is 65.2 Å². The predicted molar refractivity (Wildman–Crippen MR) is 99.8 cm³/mol. The maximum absolute atomic E-state index is 5.23. The van der Waals surface area contributed by atoms with E-state index in [2.05, 4.69) is 75.8 Å². The molecule has 0 amide bonds. The molecule has 0 unspecified atom stereocenters. The van der Waals surface area contributed by atoms with E-state index >= 15 is 0 Å². The molecule has 24 heavy (non-hydrogen) atoms. The lowest BCUT2D eigenvalue weighted by Crippen LogP contribution is -2.18. The maximum atomic E-state index is 5.23. The van der Waals surface area contributed by atoms with Crippen LogP contribution in [0.2, 0.25) is 0 Å². The van der Waals surface area contributed by atoms with E-state index in [0.717, 1.165) is 18.5 Å². The van der Waals surface area contributed by atoms with Crippen molar-refractivity contribution in [2.24, 2.45) is 0 Å². The summed E-state index contributed by atoms with van der Waals surface area (Å²) in [5.74, 6) is 0. The summed E-state index contributed by atoms with van der Waals surface area (Å²) in [5, 5.41) is 0. The molecule has 130 valence electrons. The number of aryl methyl sites for hydroxylation is 2. The molecule has 0 atom stereocenters. The Morgan fingerprint density at radius 2 is 1.50 bits per heavy atom. The third kappa shape index (κ3) is 4.34. The van der Waals surface area contributed by atoms with Gasteiger partial charge in [-0.15, -0.1) is 0 Å². The Labute approximate surface area is 146 Å². The molecule has 0 N–H and O–H groups in total. The second kappa shape index (κ2) is 6.92. The quantitative estimate of drug-likeness (QED) is 0.804. The van der Waals surface area contributed by atoms with Crippen molar-refractivity contribution in [2.75, 3.05) is 7.11 Å². The minimum absolute atomic E-state index is 0.0190. The Kier molecular flexibility index (Phi) is 5.32. The van der Waals surface area contributed by atoms with E-state index in [1.807, 2.05) is 6.20 Å². The molecule has 0 saturated heterocycles. The maximum Gasteiger partial charge on any atom is 0.316 e. The molecule has 2 rings (SSSR count). The van der Waals surface area contributed by atoms with Crippen molar-refractivity contribution >= 4 is 0 Å². The molecule has 0 bridgehead atoms. The van der Waals surface area contributed by atoms with Gasteiger partial charge in [0.2, 0.25) is 0 Å². The zero-order valence-corrected chi connectivity index (χ0v) is 16.1. The van der Waals surface area contributed by atoms with Crippen LogP contribution in [-0.2, 0) is 23.7 Å². The fraction of sp³-hybridized carbons (Fsp3) is 0.524. The Hall–Kier alpha value is -1.90. The first kappa shape index (κ1) is 18.4. The predicted octanol–water partition coefficient (Wildman–Crippen LogP) is 4.87. The molecule has 1 aromatic carbocycles. The van der Waals surface area contributed by atoms with Gasteiger partial charge < -0.3 is 4.74 Å². The van der Waals surface area contributed by atoms with Crippen LogP contribution >= 0.6 is 0 Å². The largest absolute Gasteiger partial charge is 0.467 e. The molecule has 2 aromatic rings. The van der Waals surface area contributed by atoms with Gasteiger partial charge in [-0.05, 0) is 40.4 Å². The highest BCUT2D eigenvalue weighted by Gasteiger charge is 2.22. The second-order valence-electron chi connectivity index (χ2n) is 8.37. The average Bonchev–Trinajstić information content (AvgIpc) is 2.51. The van der Waals surface area contributed by atoms with E-state index in [9.17, 15) is 0 Å². The minimum atomic E-state index is 0.0190. The van der Waals surface area contributed by atoms with E-state index < -0.39 is 0 Å². The third-order valence-electron chi connectivity index (χ3n) is 4.29. The summed E-state index contributed by atoms with van der Waals surface area (Å²) in [4.78, 5) is 8.93. The van der Waals surface area contributed by atoms with Crippen molar-refractivity contribution in [1.82, 2.24) is 9.97 Å². The van der Waals surface area contributed by atoms with Gasteiger partial charge in [-0.2, -0.15) is 4.98 Å². The Bertz CT molecular complexity index is 694. The number of ether oxygens (including phenoxy) is 1. The molecular weight excluding hydrogens is 296 g/mol. The first-order valence-electron chi connectivity index (χ1n) is 8.61. The van der Waals surface area contributed by atoms with Crippen LogP contribution in [-0.4, -0.2) is 17.1 Å². The normalized spacial score (nSPS) is 12.3. The van der Waals surface area contributed by atoms with E-state index in [1.54, 1.807) is 7.11 Å². The number of benzene rings is 1. The van der Waals surface area contributed by atoms with Crippen molar-refractivity contribution in [3.05, 3.63) is 52.8 Å². The number of hydrogen-bond donors (Lipinski definition) is 0. The summed E-state index contributed by atoms with van der Waals surface area (Å²) in [7, 11) is 1.62. The van der Waals surface area contributed by atoms with Crippen LogP contribution in [0.1, 0.15) is 63.9 Å². The fourth-order valence-corrected chi connectivity index (χ4v) is 3.04. The van der Waals surface area contributed by atoms with Gasteiger partial charge in [0, 0.05) is 6.20 Å². The van der Waals surface area contributed by atoms with Gasteiger partial charge in [-0.25, -0.2) is 4.98 Å². The van der Waals surface area contributed by atoms with Gasteiger partial charge in [0.25, 0.3) is 0 Å². The second-order valence-corrected chi connectivity index (χ2v) is 8.37. The average molecular weight is 326 g/mol. The molecule has 0 fully saturated rings. The standard InChI is InChI=1S/C21H30N2O/c1-20(2,3)16-11-9-8-10-15(16)12-13-18-17(21(4,5)6)14-22-19(23-18)24-7/h8-11,14H,12-13H2,1-7H3. The molecule has 1 aromatic heterocycles. The SMILES string of the molecule is COc1ncc(C(C)(C)C)c(CCc2ccccc2C(C)(C)C)n1. The van der Waals surface area contributed by atoms with Gasteiger partial charge >= 0.3 is 6.01 Å². The summed E-state index contributed by atoms with van der Waals surface area (Å²) in [6.45, 7) is 13.4. The van der Waals surface area contributed by atoms with Gasteiger partial charge in [-0.1, -0.05) is 65.8 Å². The summed E-state index contributed by atoms with van der Waals surface area (Å²) >= 11 is 0. The Morgan fingerprint density at radius 3 is 2.08 bits per heavy atom. The van der Waals surface area contributed by atoms with Crippen LogP contribution in [0.4, 0.5) is 0 Å². The summed E-state index contributed by atoms with van der Waals surface area (Å²) in [6.07, 6.45) is 3.77.